The zero-order chi connectivity index (χ0) is 18.9. The van der Waals surface area contributed by atoms with Crippen LogP contribution in [0.3, 0.4) is 0 Å². The largest absolute Gasteiger partial charge is 0.506 e. The van der Waals surface area contributed by atoms with Crippen molar-refractivity contribution in [3.8, 4) is 0 Å². The summed E-state index contributed by atoms with van der Waals surface area (Å²) in [5, 5.41) is 33.9. The molecule has 0 bridgehead atoms. The first-order valence-corrected chi connectivity index (χ1v) is 7.31. The van der Waals surface area contributed by atoms with Gasteiger partial charge in [0.2, 0.25) is 0 Å². The molecule has 2 N–H and O–H groups in total. The van der Waals surface area contributed by atoms with E-state index < -0.39 is 9.85 Å². The smallest absolute Gasteiger partial charge is 0.271 e. The van der Waals surface area contributed by atoms with Crippen molar-refractivity contribution < 1.29 is 15.0 Å². The summed E-state index contributed by atoms with van der Waals surface area (Å²) in [4.78, 5) is 24.3. The average Bonchev–Trinajstić information content (AvgIpc) is 2.64. The molecular weight excluding hydrogens is 340 g/mol. The summed E-state index contributed by atoms with van der Waals surface area (Å²) in [6.07, 6.45) is 5.45. The Morgan fingerprint density at radius 1 is 1.04 bits per heavy atom. The van der Waals surface area contributed by atoms with Gasteiger partial charge in [0, 0.05) is 36.2 Å². The number of aliphatic hydroxyl groups excluding tert-OH is 1. The molecule has 132 valence electrons. The molecule has 0 heterocycles. The molecular formula is C17H14N4O5. The lowest BCUT2D eigenvalue weighted by molar-refractivity contribution is -0.385. The van der Waals surface area contributed by atoms with Gasteiger partial charge in [-0.15, -0.1) is 0 Å². The first-order valence-electron chi connectivity index (χ1n) is 7.31. The van der Waals surface area contributed by atoms with Gasteiger partial charge in [0.25, 0.3) is 11.4 Å². The van der Waals surface area contributed by atoms with E-state index in [1.165, 1.54) is 48.7 Å². The van der Waals surface area contributed by atoms with Crippen LogP contribution >= 0.6 is 0 Å². The third kappa shape index (κ3) is 5.57. The van der Waals surface area contributed by atoms with Crippen molar-refractivity contribution in [2.45, 2.75) is 0 Å². The number of nitro groups is 2. The van der Waals surface area contributed by atoms with Crippen molar-refractivity contribution in [1.29, 1.82) is 0 Å². The lowest BCUT2D eigenvalue weighted by Crippen LogP contribution is -1.91. The van der Waals surface area contributed by atoms with Crippen molar-refractivity contribution in [1.82, 2.24) is 0 Å². The van der Waals surface area contributed by atoms with Crippen LogP contribution in [0, 0.1) is 20.2 Å². The van der Waals surface area contributed by atoms with E-state index in [1.54, 1.807) is 18.2 Å². The Labute approximate surface area is 147 Å². The number of nitrogens with zero attached hydrogens (tertiary/aromatic N) is 3. The second kappa shape index (κ2) is 8.73. The second-order valence-corrected chi connectivity index (χ2v) is 4.94. The number of nitrogens with one attached hydrogen (secondary N) is 1. The van der Waals surface area contributed by atoms with Gasteiger partial charge in [-0.3, -0.25) is 25.2 Å². The molecule has 0 aliphatic heterocycles. The third-order valence-corrected chi connectivity index (χ3v) is 3.06. The molecule has 0 aliphatic carbocycles. The summed E-state index contributed by atoms with van der Waals surface area (Å²) in [6, 6.07) is 11.6. The Balaban J connectivity index is 1.96. The highest BCUT2D eigenvalue weighted by molar-refractivity contribution is 5.78. The predicted octanol–water partition coefficient (Wildman–Crippen LogP) is 4.27. The Morgan fingerprint density at radius 3 is 2.38 bits per heavy atom. The summed E-state index contributed by atoms with van der Waals surface area (Å²) >= 11 is 0. The van der Waals surface area contributed by atoms with E-state index in [-0.39, 0.29) is 17.1 Å². The number of benzene rings is 2. The topological polar surface area (TPSA) is 131 Å². The first kappa shape index (κ1) is 18.3. The van der Waals surface area contributed by atoms with Crippen LogP contribution in [0.15, 0.2) is 77.6 Å². The van der Waals surface area contributed by atoms with Crippen LogP contribution in [0.5, 0.6) is 0 Å². The zero-order valence-corrected chi connectivity index (χ0v) is 13.4. The maximum absolute atomic E-state index is 10.7. The number of anilines is 1. The standard InChI is InChI=1S/C17H14N4O5/c22-17(12-19-14-5-2-7-16(11-14)21(25)26)8-3-9-18-13-4-1-6-15(10-13)20(23)24/h1-12,18,22H. The number of allylic oxidation sites excluding steroid dienone is 3. The number of non-ortho nitro benzene ring substituents is 2. The highest BCUT2D eigenvalue weighted by Crippen LogP contribution is 2.19. The number of nitro benzene ring substituents is 2. The van der Waals surface area contributed by atoms with E-state index in [2.05, 4.69) is 10.3 Å². The molecule has 2 rings (SSSR count). The van der Waals surface area contributed by atoms with Gasteiger partial charge < -0.3 is 10.4 Å². The number of aliphatic hydroxyl groups is 1. The Morgan fingerprint density at radius 2 is 1.69 bits per heavy atom. The minimum atomic E-state index is -0.531. The third-order valence-electron chi connectivity index (χ3n) is 3.06. The van der Waals surface area contributed by atoms with Gasteiger partial charge in [0.15, 0.2) is 0 Å². The SMILES string of the molecule is O=[N+]([O-])c1cccc(N=CC(O)=CC=CNc2cccc([N+](=O)[O-])c2)c1. The van der Waals surface area contributed by atoms with E-state index in [0.717, 1.165) is 6.21 Å². The van der Waals surface area contributed by atoms with Crippen molar-refractivity contribution in [3.63, 3.8) is 0 Å². The molecule has 9 heteroatoms. The molecule has 0 amide bonds. The molecule has 0 unspecified atom stereocenters. The number of rotatable bonds is 7. The second-order valence-electron chi connectivity index (χ2n) is 4.94. The number of aliphatic imine (C=N–C) groups is 1. The lowest BCUT2D eigenvalue weighted by atomic mass is 10.3. The van der Waals surface area contributed by atoms with Gasteiger partial charge in [-0.1, -0.05) is 12.1 Å². The molecule has 2 aromatic rings. The molecule has 26 heavy (non-hydrogen) atoms. The summed E-state index contributed by atoms with van der Waals surface area (Å²) in [7, 11) is 0. The molecule has 0 saturated carbocycles. The number of hydrogen-bond donors (Lipinski definition) is 2. The zero-order valence-electron chi connectivity index (χ0n) is 13.4. The average molecular weight is 354 g/mol. The molecule has 0 atom stereocenters. The van der Waals surface area contributed by atoms with Crippen LogP contribution in [0.2, 0.25) is 0 Å². The van der Waals surface area contributed by atoms with Crippen LogP contribution in [-0.2, 0) is 0 Å². The normalized spacial score (nSPS) is 11.8. The fourth-order valence-electron chi connectivity index (χ4n) is 1.87. The number of hydrogen-bond acceptors (Lipinski definition) is 7. The Bertz CT molecular complexity index is 906. The van der Waals surface area contributed by atoms with Crippen LogP contribution in [0.4, 0.5) is 22.7 Å². The van der Waals surface area contributed by atoms with Crippen molar-refractivity contribution in [2.24, 2.45) is 4.99 Å². The van der Waals surface area contributed by atoms with Gasteiger partial charge in [-0.05, 0) is 24.3 Å². The van der Waals surface area contributed by atoms with Crippen LogP contribution in [0.1, 0.15) is 0 Å². The predicted molar refractivity (Wildman–Crippen MR) is 97.8 cm³/mol. The summed E-state index contributed by atoms with van der Waals surface area (Å²) in [5.74, 6) is -0.173. The molecule has 0 fully saturated rings. The minimum absolute atomic E-state index is 0.0362. The maximum Gasteiger partial charge on any atom is 0.271 e. The molecule has 0 saturated heterocycles. The lowest BCUT2D eigenvalue weighted by Gasteiger charge is -1.99. The van der Waals surface area contributed by atoms with Gasteiger partial charge >= 0.3 is 0 Å². The fraction of sp³-hybridized carbons (Fsp3) is 0. The monoisotopic (exact) mass is 354 g/mol. The van der Waals surface area contributed by atoms with Crippen LogP contribution in [0.25, 0.3) is 0 Å². The van der Waals surface area contributed by atoms with Crippen molar-refractivity contribution in [3.05, 3.63) is 92.9 Å². The van der Waals surface area contributed by atoms with Crippen molar-refractivity contribution in [2.75, 3.05) is 5.32 Å². The summed E-state index contributed by atoms with van der Waals surface area (Å²) < 4.78 is 0. The fourth-order valence-corrected chi connectivity index (χ4v) is 1.87. The van der Waals surface area contributed by atoms with E-state index in [1.807, 2.05) is 0 Å². The summed E-state index contributed by atoms with van der Waals surface area (Å²) in [6.45, 7) is 0. The Kier molecular flexibility index (Phi) is 6.16. The minimum Gasteiger partial charge on any atom is -0.506 e. The van der Waals surface area contributed by atoms with Crippen molar-refractivity contribution >= 4 is 29.0 Å². The molecule has 0 spiro atoms. The van der Waals surface area contributed by atoms with E-state index in [9.17, 15) is 25.3 Å². The molecule has 2 aromatic carbocycles. The maximum atomic E-state index is 10.7. The first-order chi connectivity index (χ1) is 12.5. The quantitative estimate of drug-likeness (QED) is 0.251. The van der Waals surface area contributed by atoms with E-state index in [0.29, 0.717) is 11.4 Å². The molecule has 0 aromatic heterocycles. The van der Waals surface area contributed by atoms with Crippen LogP contribution < -0.4 is 5.32 Å². The Hall–Kier alpha value is -4.01. The summed E-state index contributed by atoms with van der Waals surface area (Å²) in [5.41, 5.74) is 0.724. The molecule has 9 nitrogen and oxygen atoms in total. The highest BCUT2D eigenvalue weighted by Gasteiger charge is 2.05. The van der Waals surface area contributed by atoms with Gasteiger partial charge in [-0.2, -0.15) is 0 Å². The van der Waals surface area contributed by atoms with Gasteiger partial charge in [0.05, 0.1) is 21.7 Å². The highest BCUT2D eigenvalue weighted by atomic mass is 16.6. The van der Waals surface area contributed by atoms with E-state index >= 15 is 0 Å². The molecule has 0 radical (unpaired) electrons. The van der Waals surface area contributed by atoms with Gasteiger partial charge in [-0.25, -0.2) is 0 Å². The van der Waals surface area contributed by atoms with Crippen LogP contribution in [-0.4, -0.2) is 21.2 Å². The van der Waals surface area contributed by atoms with Gasteiger partial charge in [0.1, 0.15) is 5.76 Å². The van der Waals surface area contributed by atoms with E-state index in [4.69, 9.17) is 0 Å². The molecule has 0 aliphatic rings.